The SMILES string of the molecule is CC1(CCN)CCNC1=O.Cl. The molecule has 1 atom stereocenters. The Balaban J connectivity index is 0.000001000. The molecule has 1 saturated heterocycles. The van der Waals surface area contributed by atoms with Crippen molar-refractivity contribution in [2.45, 2.75) is 19.8 Å². The molecule has 0 saturated carbocycles. The van der Waals surface area contributed by atoms with Gasteiger partial charge in [-0.25, -0.2) is 0 Å². The third kappa shape index (κ3) is 2.07. The summed E-state index contributed by atoms with van der Waals surface area (Å²) in [6.45, 7) is 3.39. The van der Waals surface area contributed by atoms with Crippen LogP contribution in [0.2, 0.25) is 0 Å². The van der Waals surface area contributed by atoms with Gasteiger partial charge in [0.05, 0.1) is 0 Å². The second-order valence-electron chi connectivity index (χ2n) is 3.11. The summed E-state index contributed by atoms with van der Waals surface area (Å²) in [7, 11) is 0. The third-order valence-corrected chi connectivity index (χ3v) is 2.21. The highest BCUT2D eigenvalue weighted by atomic mass is 35.5. The Kier molecular flexibility index (Phi) is 3.83. The molecule has 0 bridgehead atoms. The van der Waals surface area contributed by atoms with E-state index in [0.29, 0.717) is 6.54 Å². The molecule has 3 nitrogen and oxygen atoms in total. The smallest absolute Gasteiger partial charge is 0.226 e. The van der Waals surface area contributed by atoms with E-state index in [9.17, 15) is 4.79 Å². The van der Waals surface area contributed by atoms with Gasteiger partial charge in [0.25, 0.3) is 0 Å². The van der Waals surface area contributed by atoms with Crippen molar-refractivity contribution in [3.63, 3.8) is 0 Å². The Bertz CT molecular complexity index is 151. The first-order chi connectivity index (χ1) is 4.69. The number of carbonyl (C=O) groups excluding carboxylic acids is 1. The number of carbonyl (C=O) groups is 1. The first kappa shape index (κ1) is 10.7. The summed E-state index contributed by atoms with van der Waals surface area (Å²) < 4.78 is 0. The Hall–Kier alpha value is -0.280. The first-order valence-electron chi connectivity index (χ1n) is 3.67. The second-order valence-corrected chi connectivity index (χ2v) is 3.11. The summed E-state index contributed by atoms with van der Waals surface area (Å²) in [6, 6.07) is 0. The zero-order chi connectivity index (χ0) is 7.61. The zero-order valence-electron chi connectivity index (χ0n) is 6.72. The van der Waals surface area contributed by atoms with E-state index in [1.54, 1.807) is 0 Å². The second kappa shape index (κ2) is 3.93. The minimum absolute atomic E-state index is 0. The summed E-state index contributed by atoms with van der Waals surface area (Å²) in [5, 5.41) is 2.80. The van der Waals surface area contributed by atoms with Crippen molar-refractivity contribution in [3.8, 4) is 0 Å². The Morgan fingerprint density at radius 1 is 1.73 bits per heavy atom. The number of hydrogen-bond acceptors (Lipinski definition) is 2. The van der Waals surface area contributed by atoms with E-state index >= 15 is 0 Å². The van der Waals surface area contributed by atoms with Gasteiger partial charge in [-0.05, 0) is 19.4 Å². The van der Waals surface area contributed by atoms with E-state index in [1.807, 2.05) is 6.92 Å². The summed E-state index contributed by atoms with van der Waals surface area (Å²) in [5.41, 5.74) is 5.20. The van der Waals surface area contributed by atoms with Gasteiger partial charge in [0.1, 0.15) is 0 Å². The highest BCUT2D eigenvalue weighted by Crippen LogP contribution is 2.28. The minimum Gasteiger partial charge on any atom is -0.356 e. The average Bonchev–Trinajstić information content (AvgIpc) is 2.15. The fraction of sp³-hybridized carbons (Fsp3) is 0.857. The molecule has 1 rings (SSSR count). The Morgan fingerprint density at radius 2 is 2.36 bits per heavy atom. The van der Waals surface area contributed by atoms with Crippen LogP contribution < -0.4 is 11.1 Å². The largest absolute Gasteiger partial charge is 0.356 e. The topological polar surface area (TPSA) is 55.1 Å². The fourth-order valence-corrected chi connectivity index (χ4v) is 1.34. The molecule has 1 amide bonds. The third-order valence-electron chi connectivity index (χ3n) is 2.21. The van der Waals surface area contributed by atoms with Crippen molar-refractivity contribution >= 4 is 18.3 Å². The Labute approximate surface area is 73.1 Å². The van der Waals surface area contributed by atoms with Crippen LogP contribution >= 0.6 is 12.4 Å². The lowest BCUT2D eigenvalue weighted by atomic mass is 9.85. The molecule has 0 aromatic heterocycles. The van der Waals surface area contributed by atoms with Crippen molar-refractivity contribution in [2.24, 2.45) is 11.1 Å². The van der Waals surface area contributed by atoms with Gasteiger partial charge < -0.3 is 11.1 Å². The van der Waals surface area contributed by atoms with E-state index < -0.39 is 0 Å². The number of rotatable bonds is 2. The van der Waals surface area contributed by atoms with Gasteiger partial charge in [-0.15, -0.1) is 12.4 Å². The van der Waals surface area contributed by atoms with E-state index in [4.69, 9.17) is 5.73 Å². The predicted molar refractivity (Wildman–Crippen MR) is 46.7 cm³/mol. The van der Waals surface area contributed by atoms with E-state index in [2.05, 4.69) is 5.32 Å². The summed E-state index contributed by atoms with van der Waals surface area (Å²) in [5.74, 6) is 0.165. The van der Waals surface area contributed by atoms with Crippen molar-refractivity contribution in [1.29, 1.82) is 0 Å². The van der Waals surface area contributed by atoms with Gasteiger partial charge in [-0.2, -0.15) is 0 Å². The molecule has 1 aliphatic heterocycles. The van der Waals surface area contributed by atoms with Crippen LogP contribution in [0.3, 0.4) is 0 Å². The monoisotopic (exact) mass is 178 g/mol. The highest BCUT2D eigenvalue weighted by molar-refractivity contribution is 5.85. The van der Waals surface area contributed by atoms with E-state index in [1.165, 1.54) is 0 Å². The van der Waals surface area contributed by atoms with Crippen molar-refractivity contribution < 1.29 is 4.79 Å². The molecule has 0 spiro atoms. The Morgan fingerprint density at radius 3 is 2.73 bits per heavy atom. The zero-order valence-corrected chi connectivity index (χ0v) is 7.54. The van der Waals surface area contributed by atoms with Crippen LogP contribution in [0.5, 0.6) is 0 Å². The molecule has 66 valence electrons. The number of halogens is 1. The van der Waals surface area contributed by atoms with Crippen LogP contribution in [0, 0.1) is 5.41 Å². The molecule has 1 aliphatic rings. The van der Waals surface area contributed by atoms with Crippen LogP contribution in [0.4, 0.5) is 0 Å². The fourth-order valence-electron chi connectivity index (χ4n) is 1.34. The number of amides is 1. The maximum atomic E-state index is 11.1. The van der Waals surface area contributed by atoms with Crippen molar-refractivity contribution in [1.82, 2.24) is 5.32 Å². The van der Waals surface area contributed by atoms with Gasteiger partial charge >= 0.3 is 0 Å². The summed E-state index contributed by atoms with van der Waals surface area (Å²) in [6.07, 6.45) is 1.74. The molecular weight excluding hydrogens is 164 g/mol. The van der Waals surface area contributed by atoms with Gasteiger partial charge in [-0.1, -0.05) is 6.92 Å². The van der Waals surface area contributed by atoms with E-state index in [0.717, 1.165) is 19.4 Å². The maximum absolute atomic E-state index is 11.1. The van der Waals surface area contributed by atoms with Crippen LogP contribution in [-0.4, -0.2) is 19.0 Å². The molecule has 11 heavy (non-hydrogen) atoms. The molecule has 1 fully saturated rings. The highest BCUT2D eigenvalue weighted by Gasteiger charge is 2.36. The van der Waals surface area contributed by atoms with Crippen LogP contribution in [-0.2, 0) is 4.79 Å². The van der Waals surface area contributed by atoms with Gasteiger partial charge in [0.2, 0.25) is 5.91 Å². The predicted octanol–water partition coefficient (Wildman–Crippen LogP) is 0.283. The van der Waals surface area contributed by atoms with Gasteiger partial charge in [0, 0.05) is 12.0 Å². The summed E-state index contributed by atoms with van der Waals surface area (Å²) in [4.78, 5) is 11.1. The molecule has 0 aromatic rings. The molecule has 3 N–H and O–H groups in total. The van der Waals surface area contributed by atoms with Crippen molar-refractivity contribution in [3.05, 3.63) is 0 Å². The molecule has 1 heterocycles. The van der Waals surface area contributed by atoms with Crippen LogP contribution in [0.15, 0.2) is 0 Å². The quantitative estimate of drug-likeness (QED) is 0.639. The number of nitrogens with one attached hydrogen (secondary N) is 1. The lowest BCUT2D eigenvalue weighted by molar-refractivity contribution is -0.127. The lowest BCUT2D eigenvalue weighted by Gasteiger charge is -2.18. The molecule has 0 aromatic carbocycles. The first-order valence-corrected chi connectivity index (χ1v) is 3.67. The van der Waals surface area contributed by atoms with E-state index in [-0.39, 0.29) is 23.7 Å². The molecular formula is C7H15ClN2O. The van der Waals surface area contributed by atoms with Crippen LogP contribution in [0.25, 0.3) is 0 Å². The lowest BCUT2D eigenvalue weighted by Crippen LogP contribution is -2.30. The normalized spacial score (nSPS) is 29.5. The van der Waals surface area contributed by atoms with Gasteiger partial charge in [0.15, 0.2) is 0 Å². The standard InChI is InChI=1S/C7H14N2O.ClH/c1-7(2-4-8)3-5-9-6(7)10;/h2-5,8H2,1H3,(H,9,10);1H. The maximum Gasteiger partial charge on any atom is 0.226 e. The molecule has 4 heteroatoms. The number of nitrogens with two attached hydrogens (primary N) is 1. The van der Waals surface area contributed by atoms with Crippen molar-refractivity contribution in [2.75, 3.05) is 13.1 Å². The van der Waals surface area contributed by atoms with Gasteiger partial charge in [-0.3, -0.25) is 4.79 Å². The molecule has 0 radical (unpaired) electrons. The average molecular weight is 179 g/mol. The molecule has 0 aliphatic carbocycles. The number of hydrogen-bond donors (Lipinski definition) is 2. The van der Waals surface area contributed by atoms with Crippen LogP contribution in [0.1, 0.15) is 19.8 Å². The summed E-state index contributed by atoms with van der Waals surface area (Å²) >= 11 is 0. The minimum atomic E-state index is -0.172. The molecule has 1 unspecified atom stereocenters.